The number of alkyl halides is 12. The summed E-state index contributed by atoms with van der Waals surface area (Å²) in [4.78, 5) is 121. The summed E-state index contributed by atoms with van der Waals surface area (Å²) in [7, 11) is -3.55. The molecular formula is C74H39BBrCl8F18N14O28S. The van der Waals surface area contributed by atoms with Crippen molar-refractivity contribution in [1.82, 2.24) is 0 Å². The zero-order valence-corrected chi connectivity index (χ0v) is 78.2. The maximum Gasteiger partial charge on any atom is 0.418 e. The van der Waals surface area contributed by atoms with Crippen LogP contribution >= 0.6 is 109 Å². The van der Waals surface area contributed by atoms with Crippen molar-refractivity contribution in [2.45, 2.75) is 43.4 Å². The Bertz CT molecular complexity index is 6880. The largest absolute Gasteiger partial charge is 0.418 e. The lowest BCUT2D eigenvalue weighted by atomic mass is 10.1. The third-order valence-electron chi connectivity index (χ3n) is 15.3. The van der Waals surface area contributed by atoms with E-state index >= 15 is 0 Å². The average molecular weight is 2320 g/mol. The van der Waals surface area contributed by atoms with Crippen molar-refractivity contribution in [3.8, 4) is 6.07 Å². The Kier molecular flexibility index (Phi) is 50.5. The number of nitriles is 1. The van der Waals surface area contributed by atoms with Gasteiger partial charge in [0.1, 0.15) is 25.1 Å². The molecule has 0 atom stereocenters. The molecule has 0 heterocycles. The predicted octanol–water partition coefficient (Wildman–Crippen LogP) is 27.8. The van der Waals surface area contributed by atoms with E-state index < -0.39 is 223 Å². The minimum Gasteiger partial charge on any atom is -0.258 e. The molecule has 11 aromatic carbocycles. The average Bonchev–Trinajstić information content (AvgIpc) is 0.772. The van der Waals surface area contributed by atoms with E-state index in [0.717, 1.165) is 72.0 Å². The number of non-ortho nitro benzene ring substituents is 2. The quantitative estimate of drug-likeness (QED) is 0.0244. The highest BCUT2D eigenvalue weighted by Crippen LogP contribution is 2.44. The summed E-state index contributed by atoms with van der Waals surface area (Å²) < 4.78 is 245. The standard InChI is InChI=1S/C7H2ClF4NO2.C7H2ClF3N2O4.C7H3ClF3NO2.C7H3ClN2O2.2C7H6ClNO2.C7H3F4NO2.C7H6FNO4S.C6H3BrFNO2.C6H2Cl2FNO2.C6H3FN2O4.B/c8-4-1-3(7(10,11)12)2-5(6(4)9)13(14)15;8-6-4(7(9,10)11)1-3(12(14)15)2-5(6)13(16)17;8-5-2-1-4(7(9,10)11)3-6(5)12(13)14;8-6-2-1-5(4-9)3-7(6)10(11)12;1-5-2-3-6(8)7(4-5)9(10)11;1-5-3-2-4-6(7(5)8)9(10)11;8-5-2-1-4(7(9,10)11)3-6(5)12(13)14;1-14(12,13)5-2-3-6(8)7(4-5)9(10)11;7-4-1-2-6(9(10)11)5(8)3-4;7-3-1-5(9)6(10(11)12)2-4(3)8;7-5-2-1-4(8(10)11)3-6(5)9(12)13;/h1-2H;1-2H;1-3H;1-3H;2*2-4H,1H3;1-3H;2-4H,1H3;1-3H;1-2H;1-3H;. The number of nitro groups is 13. The van der Waals surface area contributed by atoms with E-state index in [2.05, 4.69) is 15.9 Å². The Morgan fingerprint density at radius 1 is 0.303 bits per heavy atom. The minimum atomic E-state index is -5.01. The van der Waals surface area contributed by atoms with Gasteiger partial charge in [0.15, 0.2) is 9.84 Å². The van der Waals surface area contributed by atoms with E-state index in [4.69, 9.17) is 98.1 Å². The summed E-state index contributed by atoms with van der Waals surface area (Å²) in [5, 5.41) is 139. The monoisotopic (exact) mass is 2310 g/mol. The van der Waals surface area contributed by atoms with E-state index in [0.29, 0.717) is 59.1 Å². The fourth-order valence-electron chi connectivity index (χ4n) is 8.72. The van der Waals surface area contributed by atoms with Crippen LogP contribution in [0.5, 0.6) is 0 Å². The molecule has 11 aromatic rings. The van der Waals surface area contributed by atoms with Gasteiger partial charge in [-0.25, -0.2) is 8.42 Å². The van der Waals surface area contributed by atoms with Gasteiger partial charge in [0.25, 0.3) is 39.8 Å². The van der Waals surface area contributed by atoms with Gasteiger partial charge in [-0.1, -0.05) is 127 Å². The van der Waals surface area contributed by atoms with Crippen molar-refractivity contribution in [1.29, 1.82) is 5.26 Å². The second-order valence-electron chi connectivity index (χ2n) is 25.3. The highest BCUT2D eigenvalue weighted by Gasteiger charge is 2.40. The Labute approximate surface area is 840 Å². The Hall–Kier alpha value is -15.3. The highest BCUT2D eigenvalue weighted by molar-refractivity contribution is 9.10. The Morgan fingerprint density at radius 3 is 1.06 bits per heavy atom. The molecular weight excluding hydrogens is 2280 g/mol. The Morgan fingerprint density at radius 2 is 0.662 bits per heavy atom. The number of hydrogen-bond acceptors (Lipinski definition) is 29. The summed E-state index contributed by atoms with van der Waals surface area (Å²) in [6.45, 7) is 3.51. The summed E-state index contributed by atoms with van der Waals surface area (Å²) in [5.41, 5.74) is -12.7. The van der Waals surface area contributed by atoms with Gasteiger partial charge in [0.2, 0.25) is 34.9 Å². The lowest BCUT2D eigenvalue weighted by Gasteiger charge is -2.08. The van der Waals surface area contributed by atoms with Crippen LogP contribution in [0.2, 0.25) is 40.2 Å². The van der Waals surface area contributed by atoms with Gasteiger partial charge < -0.3 is 0 Å². The first-order valence-electron chi connectivity index (χ1n) is 35.1. The summed E-state index contributed by atoms with van der Waals surface area (Å²) in [6.07, 6.45) is -18.2. The van der Waals surface area contributed by atoms with E-state index in [-0.39, 0.29) is 84.3 Å². The molecule has 0 saturated carbocycles. The van der Waals surface area contributed by atoms with E-state index in [1.807, 2.05) is 0 Å². The van der Waals surface area contributed by atoms with Gasteiger partial charge in [0, 0.05) is 91.9 Å². The maximum absolute atomic E-state index is 12.9. The number of nitro benzene ring substituents is 13. The first-order valence-corrected chi connectivity index (χ1v) is 40.8. The number of aryl methyl sites for hydroxylation is 2. The smallest absolute Gasteiger partial charge is 0.258 e. The summed E-state index contributed by atoms with van der Waals surface area (Å²) >= 11 is 46.1. The predicted molar refractivity (Wildman–Crippen MR) is 478 cm³/mol. The van der Waals surface area contributed by atoms with Crippen LogP contribution in [-0.2, 0) is 34.5 Å². The molecule has 71 heteroatoms. The van der Waals surface area contributed by atoms with Crippen molar-refractivity contribution in [2.75, 3.05) is 6.26 Å². The summed E-state index contributed by atoms with van der Waals surface area (Å²) in [5.74, 6) is -6.73. The molecule has 0 aliphatic carbocycles. The molecule has 3 radical (unpaired) electrons. The number of hydrogen-bond donors (Lipinski definition) is 0. The van der Waals surface area contributed by atoms with Gasteiger partial charge in [0.05, 0.1) is 130 Å². The van der Waals surface area contributed by atoms with Gasteiger partial charge in [-0.05, 0) is 104 Å². The lowest BCUT2D eigenvalue weighted by molar-refractivity contribution is -0.395. The van der Waals surface area contributed by atoms with Crippen molar-refractivity contribution in [3.05, 3.63) is 432 Å². The third-order valence-corrected chi connectivity index (χ3v) is 19.8. The zero-order chi connectivity index (χ0) is 112. The first kappa shape index (κ1) is 130. The molecule has 0 unspecified atom stereocenters. The molecule has 11 rings (SSSR count). The van der Waals surface area contributed by atoms with Crippen LogP contribution in [-0.4, -0.2) is 87.1 Å². The number of nitrogens with zero attached hydrogens (tertiary/aromatic N) is 14. The van der Waals surface area contributed by atoms with Crippen LogP contribution in [0.1, 0.15) is 38.9 Å². The molecule has 0 bridgehead atoms. The van der Waals surface area contributed by atoms with Crippen LogP contribution in [0.3, 0.4) is 0 Å². The zero-order valence-electron chi connectivity index (χ0n) is 69.7. The molecule has 0 spiro atoms. The minimum absolute atomic E-state index is 0. The topological polar surface area (TPSA) is 619 Å². The normalized spacial score (nSPS) is 10.4. The second-order valence-corrected chi connectivity index (χ2v) is 31.4. The molecule has 0 aliphatic rings. The fraction of sp³-hybridized carbons (Fsp3) is 0.0946. The van der Waals surface area contributed by atoms with Gasteiger partial charge in [-0.3, -0.25) is 131 Å². The maximum atomic E-state index is 12.9. The van der Waals surface area contributed by atoms with Crippen molar-refractivity contribution >= 4 is 201 Å². The molecule has 0 aliphatic heterocycles. The highest BCUT2D eigenvalue weighted by atomic mass is 79.9. The number of sulfone groups is 1. The van der Waals surface area contributed by atoms with Gasteiger partial charge in [-0.15, -0.1) is 0 Å². The molecule has 0 fully saturated rings. The van der Waals surface area contributed by atoms with Crippen LogP contribution < -0.4 is 0 Å². The second kappa shape index (κ2) is 56.5. The SMILES string of the molecule is CS(=O)(=O)c1ccc(F)c([N+](=O)[O-])c1.Cc1ccc(Cl)c([N+](=O)[O-])c1.Cc1cccc([N+](=O)[O-])c1Cl.N#Cc1ccc(Cl)c([N+](=O)[O-])c1.O=[N+]([O-])c1cc(C(F)(F)F)cc(Cl)c1F.O=[N+]([O-])c1cc(C(F)(F)F)ccc1Cl.O=[N+]([O-])c1cc(C(F)(F)F)ccc1F.O=[N+]([O-])c1cc(Cl)c(Cl)cc1F.O=[N+]([O-])c1cc([N+](=O)[O-])c(Cl)c(C(F)(F)F)c1.O=[N+]([O-])c1ccc(Br)cc1F.O=[N+]([O-])c1ccc(F)c([N+](=O)[O-])c1.[B]. The Balaban J connectivity index is 0.00000158. The molecule has 0 saturated heterocycles. The van der Waals surface area contributed by atoms with Crippen molar-refractivity contribution in [2.24, 2.45) is 0 Å². The molecule has 42 nitrogen and oxygen atoms in total. The van der Waals surface area contributed by atoms with Crippen molar-refractivity contribution < 1.29 is 151 Å². The van der Waals surface area contributed by atoms with Crippen molar-refractivity contribution in [3.63, 3.8) is 0 Å². The molecule has 0 amide bonds. The van der Waals surface area contributed by atoms with E-state index in [1.165, 1.54) is 36.4 Å². The summed E-state index contributed by atoms with van der Waals surface area (Å²) in [6, 6.07) is 28.8. The number of benzene rings is 11. The number of rotatable bonds is 14. The lowest BCUT2D eigenvalue weighted by Crippen LogP contribution is -2.08. The first-order chi connectivity index (χ1) is 65.9. The third kappa shape index (κ3) is 42.0. The van der Waals surface area contributed by atoms with Gasteiger partial charge >= 0.3 is 58.8 Å². The number of halogens is 27. The molecule has 145 heavy (non-hydrogen) atoms. The van der Waals surface area contributed by atoms with Crippen LogP contribution in [0.25, 0.3) is 0 Å². The molecule has 771 valence electrons. The fourth-order valence-corrected chi connectivity index (χ4v) is 11.3. The van der Waals surface area contributed by atoms with E-state index in [9.17, 15) is 219 Å². The molecule has 0 N–H and O–H groups in total. The van der Waals surface area contributed by atoms with Crippen LogP contribution in [0.15, 0.2) is 191 Å². The molecule has 0 aromatic heterocycles. The van der Waals surface area contributed by atoms with E-state index in [1.54, 1.807) is 38.1 Å². The van der Waals surface area contributed by atoms with Crippen LogP contribution in [0.4, 0.5) is 153 Å². The van der Waals surface area contributed by atoms with Crippen LogP contribution in [0, 0.1) is 192 Å². The van der Waals surface area contributed by atoms with Gasteiger partial charge in [-0.2, -0.15) is 84.3 Å².